The van der Waals surface area contributed by atoms with Crippen molar-refractivity contribution in [1.82, 2.24) is 5.43 Å². The molecule has 0 radical (unpaired) electrons. The number of hydrogen-bond donors (Lipinski definition) is 1. The van der Waals surface area contributed by atoms with Crippen LogP contribution in [-0.2, 0) is 11.2 Å². The van der Waals surface area contributed by atoms with E-state index in [1.54, 1.807) is 24.3 Å². The van der Waals surface area contributed by atoms with Crippen LogP contribution >= 0.6 is 15.9 Å². The van der Waals surface area contributed by atoms with Gasteiger partial charge >= 0.3 is 5.97 Å². The van der Waals surface area contributed by atoms with Crippen molar-refractivity contribution in [3.63, 3.8) is 0 Å². The molecule has 0 saturated carbocycles. The maximum atomic E-state index is 12.5. The Kier molecular flexibility index (Phi) is 7.56. The fraction of sp³-hybridized carbons (Fsp3) is 0.125. The Hall–Kier alpha value is -3.45. The number of amides is 1. The number of rotatable bonds is 7. The first kappa shape index (κ1) is 22.2. The summed E-state index contributed by atoms with van der Waals surface area (Å²) in [5, 5.41) is 3.99. The van der Waals surface area contributed by atoms with E-state index in [1.165, 1.54) is 13.3 Å². The molecule has 0 heterocycles. The quantitative estimate of drug-likeness (QED) is 0.230. The first-order valence-electron chi connectivity index (χ1n) is 9.48. The zero-order chi connectivity index (χ0) is 22.2. The van der Waals surface area contributed by atoms with Crippen LogP contribution in [0.15, 0.2) is 76.3 Å². The standard InChI is InChI=1S/C24H21BrN2O4/c1-16-8-10-19(11-9-16)24(29)31-23-20(25)12-18(13-21(23)30-2)15-26-27-22(28)14-17-6-4-3-5-7-17/h3-13,15H,14H2,1-2H3,(H,27,28)/b26-15+. The number of carbonyl (C=O) groups excluding carboxylic acids is 2. The molecule has 6 nitrogen and oxygen atoms in total. The van der Waals surface area contributed by atoms with Gasteiger partial charge in [-0.05, 0) is 58.2 Å². The van der Waals surface area contributed by atoms with Crippen molar-refractivity contribution >= 4 is 34.0 Å². The second-order valence-electron chi connectivity index (χ2n) is 6.75. The number of benzene rings is 3. The highest BCUT2D eigenvalue weighted by Crippen LogP contribution is 2.36. The number of ether oxygens (including phenoxy) is 2. The molecule has 1 amide bonds. The van der Waals surface area contributed by atoms with Crippen LogP contribution in [0.4, 0.5) is 0 Å². The number of hydrogen-bond acceptors (Lipinski definition) is 5. The van der Waals surface area contributed by atoms with Gasteiger partial charge < -0.3 is 9.47 Å². The van der Waals surface area contributed by atoms with Crippen molar-refractivity contribution < 1.29 is 19.1 Å². The lowest BCUT2D eigenvalue weighted by Gasteiger charge is -2.12. The number of methoxy groups -OCH3 is 1. The van der Waals surface area contributed by atoms with Crippen LogP contribution in [0.2, 0.25) is 0 Å². The van der Waals surface area contributed by atoms with Crippen molar-refractivity contribution in [2.45, 2.75) is 13.3 Å². The van der Waals surface area contributed by atoms with E-state index in [0.717, 1.165) is 11.1 Å². The zero-order valence-corrected chi connectivity index (χ0v) is 18.7. The van der Waals surface area contributed by atoms with Crippen molar-refractivity contribution in [3.05, 3.63) is 93.5 Å². The van der Waals surface area contributed by atoms with Gasteiger partial charge in [0.05, 0.1) is 29.8 Å². The number of carbonyl (C=O) groups is 2. The molecular weight excluding hydrogens is 460 g/mol. The van der Waals surface area contributed by atoms with Gasteiger partial charge in [0, 0.05) is 0 Å². The maximum Gasteiger partial charge on any atom is 0.343 e. The average molecular weight is 481 g/mol. The Bertz CT molecular complexity index is 1100. The minimum atomic E-state index is -0.492. The molecule has 0 fully saturated rings. The smallest absolute Gasteiger partial charge is 0.343 e. The van der Waals surface area contributed by atoms with Gasteiger partial charge in [-0.15, -0.1) is 0 Å². The highest BCUT2D eigenvalue weighted by molar-refractivity contribution is 9.10. The van der Waals surface area contributed by atoms with Crippen LogP contribution in [0.5, 0.6) is 11.5 Å². The molecule has 0 bridgehead atoms. The molecule has 0 aliphatic carbocycles. The molecule has 0 aliphatic heterocycles. The lowest BCUT2D eigenvalue weighted by Crippen LogP contribution is -2.19. The van der Waals surface area contributed by atoms with Gasteiger partial charge in [-0.3, -0.25) is 4.79 Å². The van der Waals surface area contributed by atoms with Gasteiger partial charge in [0.2, 0.25) is 5.91 Å². The molecule has 0 saturated heterocycles. The van der Waals surface area contributed by atoms with E-state index < -0.39 is 5.97 Å². The van der Waals surface area contributed by atoms with E-state index in [0.29, 0.717) is 21.3 Å². The van der Waals surface area contributed by atoms with Crippen LogP contribution in [-0.4, -0.2) is 25.2 Å². The molecule has 0 unspecified atom stereocenters. The summed E-state index contributed by atoms with van der Waals surface area (Å²) in [4.78, 5) is 24.5. The summed E-state index contributed by atoms with van der Waals surface area (Å²) < 4.78 is 11.4. The predicted molar refractivity (Wildman–Crippen MR) is 123 cm³/mol. The number of hydrazone groups is 1. The number of aryl methyl sites for hydroxylation is 1. The molecule has 1 N–H and O–H groups in total. The third kappa shape index (κ3) is 6.26. The summed E-state index contributed by atoms with van der Waals surface area (Å²) in [5.41, 5.74) is 5.54. The number of esters is 1. The fourth-order valence-electron chi connectivity index (χ4n) is 2.75. The lowest BCUT2D eigenvalue weighted by atomic mass is 10.1. The Morgan fingerprint density at radius 2 is 1.77 bits per heavy atom. The summed E-state index contributed by atoms with van der Waals surface area (Å²) in [6, 6.07) is 19.9. The van der Waals surface area contributed by atoms with Gasteiger partial charge in [0.15, 0.2) is 11.5 Å². The minimum Gasteiger partial charge on any atom is -0.493 e. The summed E-state index contributed by atoms with van der Waals surface area (Å²) in [6.07, 6.45) is 1.72. The van der Waals surface area contributed by atoms with Crippen LogP contribution < -0.4 is 14.9 Å². The van der Waals surface area contributed by atoms with E-state index in [1.807, 2.05) is 49.4 Å². The highest BCUT2D eigenvalue weighted by atomic mass is 79.9. The normalized spacial score (nSPS) is 10.7. The molecule has 3 aromatic rings. The molecule has 31 heavy (non-hydrogen) atoms. The number of halogens is 1. The van der Waals surface area contributed by atoms with Gasteiger partial charge in [-0.1, -0.05) is 48.0 Å². The van der Waals surface area contributed by atoms with E-state index in [9.17, 15) is 9.59 Å². The zero-order valence-electron chi connectivity index (χ0n) is 17.1. The number of nitrogens with zero attached hydrogens (tertiary/aromatic N) is 1. The van der Waals surface area contributed by atoms with Gasteiger partial charge in [-0.25, -0.2) is 10.2 Å². The summed E-state index contributed by atoms with van der Waals surface area (Å²) >= 11 is 3.41. The fourth-order valence-corrected chi connectivity index (χ4v) is 3.29. The monoisotopic (exact) mass is 480 g/mol. The third-order valence-corrected chi connectivity index (χ3v) is 4.93. The van der Waals surface area contributed by atoms with Crippen molar-refractivity contribution in [1.29, 1.82) is 0 Å². The first-order valence-corrected chi connectivity index (χ1v) is 10.3. The largest absolute Gasteiger partial charge is 0.493 e. The highest BCUT2D eigenvalue weighted by Gasteiger charge is 2.16. The molecule has 0 atom stereocenters. The van der Waals surface area contributed by atoms with Crippen molar-refractivity contribution in [3.8, 4) is 11.5 Å². The molecule has 0 aromatic heterocycles. The minimum absolute atomic E-state index is 0.225. The molecule has 0 aliphatic rings. The Balaban J connectivity index is 1.68. The SMILES string of the molecule is COc1cc(/C=N/NC(=O)Cc2ccccc2)cc(Br)c1OC(=O)c1ccc(C)cc1. The molecule has 158 valence electrons. The molecule has 3 rings (SSSR count). The van der Waals surface area contributed by atoms with Gasteiger partial charge in [-0.2, -0.15) is 5.10 Å². The van der Waals surface area contributed by atoms with E-state index in [2.05, 4.69) is 26.5 Å². The average Bonchev–Trinajstić information content (AvgIpc) is 2.76. The molecular formula is C24H21BrN2O4. The summed E-state index contributed by atoms with van der Waals surface area (Å²) in [6.45, 7) is 1.94. The summed E-state index contributed by atoms with van der Waals surface area (Å²) in [5.74, 6) is -0.101. The van der Waals surface area contributed by atoms with Crippen LogP contribution in [0, 0.1) is 6.92 Å². The Morgan fingerprint density at radius 3 is 2.45 bits per heavy atom. The summed E-state index contributed by atoms with van der Waals surface area (Å²) in [7, 11) is 1.48. The number of nitrogens with one attached hydrogen (secondary N) is 1. The second-order valence-corrected chi connectivity index (χ2v) is 7.60. The van der Waals surface area contributed by atoms with E-state index >= 15 is 0 Å². The van der Waals surface area contributed by atoms with Crippen molar-refractivity contribution in [2.75, 3.05) is 7.11 Å². The second kappa shape index (κ2) is 10.5. The van der Waals surface area contributed by atoms with Crippen LogP contribution in [0.25, 0.3) is 0 Å². The molecule has 3 aromatic carbocycles. The third-order valence-electron chi connectivity index (χ3n) is 4.34. The van der Waals surface area contributed by atoms with E-state index in [-0.39, 0.29) is 18.1 Å². The van der Waals surface area contributed by atoms with Crippen LogP contribution in [0.1, 0.15) is 27.0 Å². The lowest BCUT2D eigenvalue weighted by molar-refractivity contribution is -0.120. The molecule has 0 spiro atoms. The molecule has 7 heteroatoms. The van der Waals surface area contributed by atoms with Crippen LogP contribution in [0.3, 0.4) is 0 Å². The first-order chi connectivity index (χ1) is 15.0. The predicted octanol–water partition coefficient (Wildman–Crippen LogP) is 4.68. The van der Waals surface area contributed by atoms with Gasteiger partial charge in [0.1, 0.15) is 0 Å². The van der Waals surface area contributed by atoms with E-state index in [4.69, 9.17) is 9.47 Å². The Labute approximate surface area is 189 Å². The van der Waals surface area contributed by atoms with Crippen molar-refractivity contribution in [2.24, 2.45) is 5.10 Å². The van der Waals surface area contributed by atoms with Gasteiger partial charge in [0.25, 0.3) is 0 Å². The topological polar surface area (TPSA) is 77.0 Å². The maximum absolute atomic E-state index is 12.5. The Morgan fingerprint density at radius 1 is 1.06 bits per heavy atom.